The van der Waals surface area contributed by atoms with Crippen molar-refractivity contribution in [3.63, 3.8) is 0 Å². The van der Waals surface area contributed by atoms with Crippen LogP contribution in [0.5, 0.6) is 5.75 Å². The second kappa shape index (κ2) is 8.15. The largest absolute Gasteiger partial charge is 0.491 e. The van der Waals surface area contributed by atoms with Gasteiger partial charge in [-0.2, -0.15) is 0 Å². The van der Waals surface area contributed by atoms with Crippen molar-refractivity contribution in [3.05, 3.63) is 54.1 Å². The number of nitrogens with one attached hydrogen (secondary N) is 2. The summed E-state index contributed by atoms with van der Waals surface area (Å²) in [4.78, 5) is 24.1. The predicted molar refractivity (Wildman–Crippen MR) is 95.3 cm³/mol. The predicted octanol–water partition coefficient (Wildman–Crippen LogP) is 3.61. The Morgan fingerprint density at radius 1 is 0.958 bits per heavy atom. The molecule has 0 unspecified atom stereocenters. The number of aryl methyl sites for hydroxylation is 1. The van der Waals surface area contributed by atoms with Crippen molar-refractivity contribution in [2.24, 2.45) is 0 Å². The van der Waals surface area contributed by atoms with E-state index in [9.17, 15) is 9.59 Å². The standard InChI is InChI=1S/C19H22N2O3/c1-4-14-7-5-6-8-17(14)21-19(23)18(22)20-15-9-11-16(12-10-15)24-13(2)3/h5-13H,4H2,1-3H3,(H,20,22)(H,21,23). The minimum absolute atomic E-state index is 0.0786. The Morgan fingerprint density at radius 3 is 2.21 bits per heavy atom. The molecule has 0 saturated carbocycles. The molecule has 126 valence electrons. The van der Waals surface area contributed by atoms with Crippen LogP contribution in [0.15, 0.2) is 48.5 Å². The van der Waals surface area contributed by atoms with Crippen molar-refractivity contribution in [1.29, 1.82) is 0 Å². The SMILES string of the molecule is CCc1ccccc1NC(=O)C(=O)Nc1ccc(OC(C)C)cc1. The quantitative estimate of drug-likeness (QED) is 0.825. The lowest BCUT2D eigenvalue weighted by Crippen LogP contribution is -2.29. The first kappa shape index (κ1) is 17.5. The van der Waals surface area contributed by atoms with Gasteiger partial charge >= 0.3 is 11.8 Å². The smallest absolute Gasteiger partial charge is 0.314 e. The average molecular weight is 326 g/mol. The van der Waals surface area contributed by atoms with E-state index in [2.05, 4.69) is 10.6 Å². The van der Waals surface area contributed by atoms with Crippen molar-refractivity contribution in [3.8, 4) is 5.75 Å². The van der Waals surface area contributed by atoms with Crippen molar-refractivity contribution in [1.82, 2.24) is 0 Å². The van der Waals surface area contributed by atoms with Gasteiger partial charge in [0, 0.05) is 11.4 Å². The molecular weight excluding hydrogens is 304 g/mol. The van der Waals surface area contributed by atoms with Crippen LogP contribution in [0, 0.1) is 0 Å². The third-order valence-corrected chi connectivity index (χ3v) is 3.34. The fraction of sp³-hybridized carbons (Fsp3) is 0.263. The summed E-state index contributed by atoms with van der Waals surface area (Å²) in [6.45, 7) is 5.87. The minimum Gasteiger partial charge on any atom is -0.491 e. The van der Waals surface area contributed by atoms with E-state index in [1.165, 1.54) is 0 Å². The molecule has 0 aliphatic rings. The molecular formula is C19H22N2O3. The van der Waals surface area contributed by atoms with Crippen molar-refractivity contribution < 1.29 is 14.3 Å². The number of anilines is 2. The number of hydrogen-bond acceptors (Lipinski definition) is 3. The molecule has 2 rings (SSSR count). The fourth-order valence-electron chi connectivity index (χ4n) is 2.21. The Morgan fingerprint density at radius 2 is 1.58 bits per heavy atom. The molecule has 0 bridgehead atoms. The van der Waals surface area contributed by atoms with Crippen LogP contribution in [0.25, 0.3) is 0 Å². The molecule has 0 spiro atoms. The molecule has 5 heteroatoms. The molecule has 0 saturated heterocycles. The van der Waals surface area contributed by atoms with Crippen LogP contribution in [-0.4, -0.2) is 17.9 Å². The Bertz CT molecular complexity index is 709. The molecule has 0 aliphatic heterocycles. The van der Waals surface area contributed by atoms with Crippen LogP contribution < -0.4 is 15.4 Å². The van der Waals surface area contributed by atoms with Crippen LogP contribution in [0.1, 0.15) is 26.3 Å². The van der Waals surface area contributed by atoms with E-state index < -0.39 is 11.8 Å². The van der Waals surface area contributed by atoms with E-state index in [1.807, 2.05) is 39.0 Å². The van der Waals surface area contributed by atoms with Gasteiger partial charge < -0.3 is 15.4 Å². The summed E-state index contributed by atoms with van der Waals surface area (Å²) in [5.74, 6) is -0.693. The maximum absolute atomic E-state index is 12.0. The van der Waals surface area contributed by atoms with Gasteiger partial charge in [0.05, 0.1) is 6.10 Å². The maximum atomic E-state index is 12.0. The lowest BCUT2D eigenvalue weighted by atomic mass is 10.1. The highest BCUT2D eigenvalue weighted by Crippen LogP contribution is 2.18. The number of carbonyl (C=O) groups excluding carboxylic acids is 2. The fourth-order valence-corrected chi connectivity index (χ4v) is 2.21. The Labute approximate surface area is 142 Å². The van der Waals surface area contributed by atoms with Gasteiger partial charge in [0.15, 0.2) is 0 Å². The number of hydrogen-bond donors (Lipinski definition) is 2. The number of benzene rings is 2. The number of amides is 2. The number of carbonyl (C=O) groups is 2. The second-order valence-corrected chi connectivity index (χ2v) is 5.61. The molecule has 0 fully saturated rings. The zero-order chi connectivity index (χ0) is 17.5. The Kier molecular flexibility index (Phi) is 5.95. The third kappa shape index (κ3) is 4.84. The highest BCUT2D eigenvalue weighted by molar-refractivity contribution is 6.43. The lowest BCUT2D eigenvalue weighted by molar-refractivity contribution is -0.133. The molecule has 2 amide bonds. The normalized spacial score (nSPS) is 10.3. The lowest BCUT2D eigenvalue weighted by Gasteiger charge is -2.11. The first-order valence-corrected chi connectivity index (χ1v) is 7.96. The number of ether oxygens (including phenoxy) is 1. The molecule has 24 heavy (non-hydrogen) atoms. The van der Waals surface area contributed by atoms with Gasteiger partial charge in [0.1, 0.15) is 5.75 Å². The molecule has 0 aromatic heterocycles. The number of para-hydroxylation sites is 1. The summed E-state index contributed by atoms with van der Waals surface area (Å²) < 4.78 is 5.53. The van der Waals surface area contributed by atoms with Gasteiger partial charge in [0.2, 0.25) is 0 Å². The van der Waals surface area contributed by atoms with Gasteiger partial charge in [-0.05, 0) is 56.2 Å². The van der Waals surface area contributed by atoms with Gasteiger partial charge in [-0.3, -0.25) is 9.59 Å². The Hall–Kier alpha value is -2.82. The molecule has 5 nitrogen and oxygen atoms in total. The molecule has 2 aromatic rings. The van der Waals surface area contributed by atoms with Crippen LogP contribution in [0.2, 0.25) is 0 Å². The van der Waals surface area contributed by atoms with Crippen LogP contribution in [0.4, 0.5) is 11.4 Å². The number of rotatable bonds is 5. The van der Waals surface area contributed by atoms with E-state index in [0.717, 1.165) is 12.0 Å². The zero-order valence-corrected chi connectivity index (χ0v) is 14.1. The van der Waals surface area contributed by atoms with Gasteiger partial charge in [-0.25, -0.2) is 0 Å². The van der Waals surface area contributed by atoms with E-state index in [-0.39, 0.29) is 6.10 Å². The summed E-state index contributed by atoms with van der Waals surface area (Å²) in [6, 6.07) is 14.3. The molecule has 2 N–H and O–H groups in total. The van der Waals surface area contributed by atoms with Crippen LogP contribution >= 0.6 is 0 Å². The van der Waals surface area contributed by atoms with Crippen molar-refractivity contribution in [2.75, 3.05) is 10.6 Å². The van der Waals surface area contributed by atoms with Gasteiger partial charge in [-0.1, -0.05) is 25.1 Å². The van der Waals surface area contributed by atoms with E-state index in [4.69, 9.17) is 4.74 Å². The average Bonchev–Trinajstić information content (AvgIpc) is 2.56. The zero-order valence-electron chi connectivity index (χ0n) is 14.1. The Balaban J connectivity index is 1.97. The monoisotopic (exact) mass is 326 g/mol. The molecule has 2 aromatic carbocycles. The van der Waals surface area contributed by atoms with E-state index in [1.54, 1.807) is 30.3 Å². The molecule has 0 radical (unpaired) electrons. The summed E-state index contributed by atoms with van der Waals surface area (Å²) in [7, 11) is 0. The molecule has 0 heterocycles. The van der Waals surface area contributed by atoms with E-state index >= 15 is 0 Å². The topological polar surface area (TPSA) is 67.4 Å². The minimum atomic E-state index is -0.710. The van der Waals surface area contributed by atoms with E-state index in [0.29, 0.717) is 17.1 Å². The maximum Gasteiger partial charge on any atom is 0.314 e. The second-order valence-electron chi connectivity index (χ2n) is 5.61. The van der Waals surface area contributed by atoms with Crippen molar-refractivity contribution in [2.45, 2.75) is 33.3 Å². The highest BCUT2D eigenvalue weighted by atomic mass is 16.5. The molecule has 0 aliphatic carbocycles. The van der Waals surface area contributed by atoms with Crippen LogP contribution in [-0.2, 0) is 16.0 Å². The third-order valence-electron chi connectivity index (χ3n) is 3.34. The molecule has 0 atom stereocenters. The van der Waals surface area contributed by atoms with Crippen molar-refractivity contribution >= 4 is 23.2 Å². The van der Waals surface area contributed by atoms with Gasteiger partial charge in [0.25, 0.3) is 0 Å². The summed E-state index contributed by atoms with van der Waals surface area (Å²) in [6.07, 6.45) is 0.852. The summed E-state index contributed by atoms with van der Waals surface area (Å²) in [5, 5.41) is 5.22. The van der Waals surface area contributed by atoms with Crippen LogP contribution in [0.3, 0.4) is 0 Å². The first-order chi connectivity index (χ1) is 11.5. The van der Waals surface area contributed by atoms with Gasteiger partial charge in [-0.15, -0.1) is 0 Å². The highest BCUT2D eigenvalue weighted by Gasteiger charge is 2.15. The first-order valence-electron chi connectivity index (χ1n) is 7.96. The summed E-state index contributed by atoms with van der Waals surface area (Å²) >= 11 is 0. The summed E-state index contributed by atoms with van der Waals surface area (Å²) in [5.41, 5.74) is 2.17.